The summed E-state index contributed by atoms with van der Waals surface area (Å²) in [6.45, 7) is -0.326. The van der Waals surface area contributed by atoms with Crippen LogP contribution in [-0.2, 0) is 19.1 Å². The summed E-state index contributed by atoms with van der Waals surface area (Å²) in [6, 6.07) is 4.84. The van der Waals surface area contributed by atoms with Gasteiger partial charge in [0.25, 0.3) is 5.91 Å². The number of aliphatic hydroxyl groups excluding tert-OH is 2. The molecule has 4 fully saturated rings. The molecule has 4 N–H and O–H groups in total. The molecule has 0 spiro atoms. The monoisotopic (exact) mass is 562 g/mol. The smallest absolute Gasteiger partial charge is 0.480 e. The van der Waals surface area contributed by atoms with Crippen LogP contribution in [0.2, 0.25) is 5.02 Å². The molecule has 1 aromatic rings. The van der Waals surface area contributed by atoms with Crippen LogP contribution >= 0.6 is 11.6 Å². The first kappa shape index (κ1) is 27.4. The lowest BCUT2D eigenvalue weighted by atomic mass is 9.59. The first-order valence-corrected chi connectivity index (χ1v) is 13.0. The van der Waals surface area contributed by atoms with Gasteiger partial charge in [-0.15, -0.1) is 13.2 Å². The number of fused-ring (bicyclic) bond motifs is 4. The Bertz CT molecular complexity index is 1070. The SMILES string of the molecule is O=C(COC1CC(OC(F)(F)F)C1)NC12CCC(NC(=O)[C@@H]3C[C@@H](O)c4cc(Cl)ccc4O3)(CC1)C[C@@H]2O. The van der Waals surface area contributed by atoms with Crippen LogP contribution in [0.25, 0.3) is 0 Å². The number of amides is 2. The van der Waals surface area contributed by atoms with E-state index in [-0.39, 0.29) is 38.2 Å². The van der Waals surface area contributed by atoms with Crippen molar-refractivity contribution < 1.29 is 47.2 Å². The molecule has 38 heavy (non-hydrogen) atoms. The lowest BCUT2D eigenvalue weighted by Gasteiger charge is -2.56. The van der Waals surface area contributed by atoms with Crippen LogP contribution in [0, 0.1) is 0 Å². The molecule has 5 aliphatic rings. The number of aliphatic hydroxyl groups is 2. The molecule has 4 saturated carbocycles. The molecule has 0 saturated heterocycles. The Balaban J connectivity index is 1.10. The quantitative estimate of drug-likeness (QED) is 0.402. The van der Waals surface area contributed by atoms with Crippen LogP contribution in [0.1, 0.15) is 63.0 Å². The number of ether oxygens (including phenoxy) is 3. The van der Waals surface area contributed by atoms with Gasteiger partial charge in [0.05, 0.1) is 30.0 Å². The second kappa shape index (κ2) is 10.1. The number of halogens is 4. The molecular weight excluding hydrogens is 533 g/mol. The van der Waals surface area contributed by atoms with Gasteiger partial charge >= 0.3 is 6.36 Å². The zero-order valence-electron chi connectivity index (χ0n) is 20.4. The molecule has 2 bridgehead atoms. The highest BCUT2D eigenvalue weighted by atomic mass is 35.5. The summed E-state index contributed by atoms with van der Waals surface area (Å²) in [5, 5.41) is 27.8. The fourth-order valence-electron chi connectivity index (χ4n) is 6.03. The minimum atomic E-state index is -4.69. The van der Waals surface area contributed by atoms with Gasteiger partial charge in [0.1, 0.15) is 12.4 Å². The number of benzene rings is 1. The fourth-order valence-corrected chi connectivity index (χ4v) is 6.21. The van der Waals surface area contributed by atoms with Crippen LogP contribution in [0.5, 0.6) is 5.75 Å². The van der Waals surface area contributed by atoms with Gasteiger partial charge in [-0.05, 0) is 50.3 Å². The number of hydrogen-bond acceptors (Lipinski definition) is 7. The number of alkyl halides is 3. The molecule has 6 rings (SSSR count). The standard InChI is InChI=1S/C25H30ClF3N2O7/c26-13-1-2-18-16(7-13)17(32)10-19(37-18)22(35)31-23-3-5-24(6-4-23,20(33)11-23)30-21(34)12-36-14-8-15(9-14)38-25(27,28)29/h1-2,7,14-15,17,19-20,32-33H,3-6,8-12H2,(H,30,34)(H,31,35)/t14?,15?,17-,19+,20+,23?,24?/m1/s1. The van der Waals surface area contributed by atoms with Gasteiger partial charge in [0, 0.05) is 35.4 Å². The Kier molecular flexibility index (Phi) is 7.31. The van der Waals surface area contributed by atoms with Crippen molar-refractivity contribution in [3.05, 3.63) is 28.8 Å². The molecule has 0 aromatic heterocycles. The van der Waals surface area contributed by atoms with Gasteiger partial charge in [-0.2, -0.15) is 0 Å². The minimum absolute atomic E-state index is 0.0594. The second-order valence-electron chi connectivity index (χ2n) is 10.8. The first-order chi connectivity index (χ1) is 17.9. The number of carbonyl (C=O) groups excluding carboxylic acids is 2. The van der Waals surface area contributed by atoms with Gasteiger partial charge in [-0.25, -0.2) is 0 Å². The van der Waals surface area contributed by atoms with Crippen molar-refractivity contribution in [1.29, 1.82) is 0 Å². The third kappa shape index (κ3) is 5.74. The highest BCUT2D eigenvalue weighted by Crippen LogP contribution is 2.47. The van der Waals surface area contributed by atoms with Crippen LogP contribution in [0.15, 0.2) is 18.2 Å². The minimum Gasteiger partial charge on any atom is -0.480 e. The molecular formula is C25H30ClF3N2O7. The van der Waals surface area contributed by atoms with Crippen LogP contribution in [0.3, 0.4) is 0 Å². The van der Waals surface area contributed by atoms with E-state index in [1.807, 2.05) is 0 Å². The van der Waals surface area contributed by atoms with Crippen molar-refractivity contribution in [2.75, 3.05) is 6.61 Å². The van der Waals surface area contributed by atoms with E-state index >= 15 is 0 Å². The Morgan fingerprint density at radius 3 is 2.45 bits per heavy atom. The van der Waals surface area contributed by atoms with E-state index < -0.39 is 53.9 Å². The molecule has 9 nitrogen and oxygen atoms in total. The first-order valence-electron chi connectivity index (χ1n) is 12.7. The molecule has 210 valence electrons. The van der Waals surface area contributed by atoms with Crippen LogP contribution < -0.4 is 15.4 Å². The zero-order chi connectivity index (χ0) is 27.3. The van der Waals surface area contributed by atoms with Gasteiger partial charge in [0.2, 0.25) is 5.91 Å². The third-order valence-electron chi connectivity index (χ3n) is 8.23. The highest BCUT2D eigenvalue weighted by Gasteiger charge is 2.56. The van der Waals surface area contributed by atoms with Crippen LogP contribution in [-0.4, -0.2) is 70.5 Å². The van der Waals surface area contributed by atoms with E-state index in [0.29, 0.717) is 42.0 Å². The van der Waals surface area contributed by atoms with Crippen molar-refractivity contribution in [2.45, 2.75) is 99.3 Å². The van der Waals surface area contributed by atoms with Crippen molar-refractivity contribution in [3.8, 4) is 5.75 Å². The number of nitrogens with one attached hydrogen (secondary N) is 2. The Morgan fingerprint density at radius 2 is 1.79 bits per heavy atom. The van der Waals surface area contributed by atoms with E-state index in [1.54, 1.807) is 18.2 Å². The van der Waals surface area contributed by atoms with Crippen molar-refractivity contribution >= 4 is 23.4 Å². The molecule has 1 aromatic carbocycles. The van der Waals surface area contributed by atoms with E-state index in [1.165, 1.54) is 0 Å². The zero-order valence-corrected chi connectivity index (χ0v) is 21.2. The highest BCUT2D eigenvalue weighted by molar-refractivity contribution is 6.30. The molecule has 0 radical (unpaired) electrons. The lowest BCUT2D eigenvalue weighted by molar-refractivity contribution is -0.357. The average Bonchev–Trinajstić information content (AvgIpc) is 2.81. The summed E-state index contributed by atoms with van der Waals surface area (Å²) in [6.07, 6.45) is -6.51. The molecule has 1 aliphatic heterocycles. The lowest BCUT2D eigenvalue weighted by Crippen LogP contribution is -2.71. The topological polar surface area (TPSA) is 126 Å². The molecule has 4 aliphatic carbocycles. The largest absolute Gasteiger partial charge is 0.522 e. The summed E-state index contributed by atoms with van der Waals surface area (Å²) < 4.78 is 51.8. The fraction of sp³-hybridized carbons (Fsp3) is 0.680. The Labute approximate surface area is 221 Å². The Morgan fingerprint density at radius 1 is 1.08 bits per heavy atom. The number of carbonyl (C=O) groups is 2. The predicted octanol–water partition coefficient (Wildman–Crippen LogP) is 2.66. The van der Waals surface area contributed by atoms with Gasteiger partial charge < -0.3 is 30.3 Å². The van der Waals surface area contributed by atoms with Gasteiger partial charge in [0.15, 0.2) is 6.10 Å². The molecule has 2 amide bonds. The predicted molar refractivity (Wildman–Crippen MR) is 126 cm³/mol. The molecule has 13 heteroatoms. The Hall–Kier alpha value is -2.12. The average molecular weight is 563 g/mol. The summed E-state index contributed by atoms with van der Waals surface area (Å²) in [5.74, 6) is -0.435. The van der Waals surface area contributed by atoms with Crippen molar-refractivity contribution in [1.82, 2.24) is 10.6 Å². The molecule has 1 heterocycles. The molecule has 3 atom stereocenters. The van der Waals surface area contributed by atoms with E-state index in [4.69, 9.17) is 21.1 Å². The maximum Gasteiger partial charge on any atom is 0.522 e. The third-order valence-corrected chi connectivity index (χ3v) is 8.46. The van der Waals surface area contributed by atoms with Gasteiger partial charge in [-0.1, -0.05) is 11.6 Å². The van der Waals surface area contributed by atoms with Crippen molar-refractivity contribution in [2.24, 2.45) is 0 Å². The second-order valence-corrected chi connectivity index (χ2v) is 11.3. The number of hydrogen-bond donors (Lipinski definition) is 4. The normalized spacial score (nSPS) is 36.0. The molecule has 0 unspecified atom stereocenters. The summed E-state index contributed by atoms with van der Waals surface area (Å²) in [7, 11) is 0. The maximum atomic E-state index is 13.1. The summed E-state index contributed by atoms with van der Waals surface area (Å²) in [5.41, 5.74) is -0.987. The van der Waals surface area contributed by atoms with E-state index in [0.717, 1.165) is 0 Å². The summed E-state index contributed by atoms with van der Waals surface area (Å²) >= 11 is 5.99. The maximum absolute atomic E-state index is 13.1. The van der Waals surface area contributed by atoms with E-state index in [2.05, 4.69) is 15.4 Å². The van der Waals surface area contributed by atoms with Crippen LogP contribution in [0.4, 0.5) is 13.2 Å². The number of rotatable bonds is 7. The van der Waals surface area contributed by atoms with Crippen molar-refractivity contribution in [3.63, 3.8) is 0 Å². The van der Waals surface area contributed by atoms with Gasteiger partial charge in [-0.3, -0.25) is 14.3 Å². The van der Waals surface area contributed by atoms with E-state index in [9.17, 15) is 33.0 Å². The summed E-state index contributed by atoms with van der Waals surface area (Å²) in [4.78, 5) is 25.6.